The van der Waals surface area contributed by atoms with Crippen LogP contribution in [0.5, 0.6) is 0 Å². The molecular weight excluding hydrogens is 341 g/mol. The predicted molar refractivity (Wildman–Crippen MR) is 79.0 cm³/mol. The Bertz CT molecular complexity index is 659. The molecule has 1 aliphatic heterocycles. The van der Waals surface area contributed by atoms with Gasteiger partial charge in [-0.25, -0.2) is 22.3 Å². The SMILES string of the molecule is O=C(O)c1cc(Cl)cc(S(=O)(=O)NCC2CCSC2)c1F. The van der Waals surface area contributed by atoms with Crippen molar-refractivity contribution in [1.82, 2.24) is 4.72 Å². The van der Waals surface area contributed by atoms with Gasteiger partial charge in [0.1, 0.15) is 4.90 Å². The van der Waals surface area contributed by atoms with Crippen LogP contribution in [0.25, 0.3) is 0 Å². The molecule has 9 heteroatoms. The van der Waals surface area contributed by atoms with E-state index in [0.717, 1.165) is 30.1 Å². The first-order valence-corrected chi connectivity index (χ1v) is 9.12. The first kappa shape index (κ1) is 16.5. The zero-order valence-corrected chi connectivity index (χ0v) is 13.2. The summed E-state index contributed by atoms with van der Waals surface area (Å²) >= 11 is 7.41. The van der Waals surface area contributed by atoms with Gasteiger partial charge in [-0.3, -0.25) is 0 Å². The first-order chi connectivity index (χ1) is 9.81. The molecule has 1 aromatic rings. The van der Waals surface area contributed by atoms with Crippen LogP contribution >= 0.6 is 23.4 Å². The Morgan fingerprint density at radius 2 is 2.24 bits per heavy atom. The molecule has 116 valence electrons. The number of carboxylic acid groups (broad SMARTS) is 1. The van der Waals surface area contributed by atoms with Crippen molar-refractivity contribution in [3.63, 3.8) is 0 Å². The van der Waals surface area contributed by atoms with E-state index in [0.29, 0.717) is 0 Å². The molecule has 5 nitrogen and oxygen atoms in total. The van der Waals surface area contributed by atoms with Crippen molar-refractivity contribution in [2.75, 3.05) is 18.1 Å². The minimum absolute atomic E-state index is 0.148. The third-order valence-electron chi connectivity index (χ3n) is 3.11. The average molecular weight is 354 g/mol. The maximum absolute atomic E-state index is 14.0. The lowest BCUT2D eigenvalue weighted by Gasteiger charge is -2.12. The molecule has 21 heavy (non-hydrogen) atoms. The van der Waals surface area contributed by atoms with Gasteiger partial charge in [0.2, 0.25) is 10.0 Å². The molecule has 1 fully saturated rings. The van der Waals surface area contributed by atoms with E-state index in [1.165, 1.54) is 0 Å². The molecule has 0 aliphatic carbocycles. The number of hydrogen-bond donors (Lipinski definition) is 2. The van der Waals surface area contributed by atoms with Gasteiger partial charge in [-0.15, -0.1) is 0 Å². The van der Waals surface area contributed by atoms with Gasteiger partial charge in [0.25, 0.3) is 0 Å². The molecule has 0 bridgehead atoms. The number of halogens is 2. The van der Waals surface area contributed by atoms with Gasteiger partial charge in [0, 0.05) is 11.6 Å². The molecule has 1 atom stereocenters. The van der Waals surface area contributed by atoms with Crippen molar-refractivity contribution >= 4 is 39.4 Å². The second kappa shape index (κ2) is 6.51. The van der Waals surface area contributed by atoms with Gasteiger partial charge >= 0.3 is 5.97 Å². The van der Waals surface area contributed by atoms with Gasteiger partial charge in [-0.1, -0.05) is 11.6 Å². The molecule has 2 rings (SSSR count). The number of nitrogens with one attached hydrogen (secondary N) is 1. The van der Waals surface area contributed by atoms with Gasteiger partial charge in [-0.05, 0) is 36.0 Å². The molecule has 1 unspecified atom stereocenters. The van der Waals surface area contributed by atoms with Gasteiger partial charge in [-0.2, -0.15) is 11.8 Å². The normalized spacial score (nSPS) is 18.9. The van der Waals surface area contributed by atoms with E-state index >= 15 is 0 Å². The summed E-state index contributed by atoms with van der Waals surface area (Å²) in [6.45, 7) is 0.198. The molecule has 0 radical (unpaired) electrons. The topological polar surface area (TPSA) is 83.5 Å². The summed E-state index contributed by atoms with van der Waals surface area (Å²) in [7, 11) is -4.14. The molecule has 2 N–H and O–H groups in total. The van der Waals surface area contributed by atoms with Gasteiger partial charge in [0.15, 0.2) is 5.82 Å². The third-order valence-corrected chi connectivity index (χ3v) is 5.98. The molecule has 0 saturated carbocycles. The van der Waals surface area contributed by atoms with Crippen LogP contribution in [-0.4, -0.2) is 37.5 Å². The lowest BCUT2D eigenvalue weighted by Crippen LogP contribution is -2.30. The summed E-state index contributed by atoms with van der Waals surface area (Å²) in [6.07, 6.45) is 0.894. The Hall–Kier alpha value is -0.830. The van der Waals surface area contributed by atoms with Crippen molar-refractivity contribution < 1.29 is 22.7 Å². The second-order valence-corrected chi connectivity index (χ2v) is 7.97. The fraction of sp³-hybridized carbons (Fsp3) is 0.417. The van der Waals surface area contributed by atoms with Crippen LogP contribution < -0.4 is 4.72 Å². The van der Waals surface area contributed by atoms with E-state index in [4.69, 9.17) is 16.7 Å². The smallest absolute Gasteiger partial charge is 0.338 e. The summed E-state index contributed by atoms with van der Waals surface area (Å²) in [5.74, 6) is -0.855. The summed E-state index contributed by atoms with van der Waals surface area (Å²) in [4.78, 5) is 10.2. The number of benzene rings is 1. The number of carboxylic acids is 1. The molecule has 0 spiro atoms. The minimum Gasteiger partial charge on any atom is -0.478 e. The Morgan fingerprint density at radius 3 is 2.81 bits per heavy atom. The van der Waals surface area contributed by atoms with Crippen molar-refractivity contribution in [2.24, 2.45) is 5.92 Å². The highest BCUT2D eigenvalue weighted by molar-refractivity contribution is 7.99. The van der Waals surface area contributed by atoms with Crippen LogP contribution in [0.15, 0.2) is 17.0 Å². The van der Waals surface area contributed by atoms with E-state index < -0.39 is 32.3 Å². The van der Waals surface area contributed by atoms with E-state index in [9.17, 15) is 17.6 Å². The van der Waals surface area contributed by atoms with Gasteiger partial charge in [0.05, 0.1) is 5.56 Å². The summed E-state index contributed by atoms with van der Waals surface area (Å²) in [6, 6.07) is 1.79. The Balaban J connectivity index is 2.28. The maximum atomic E-state index is 14.0. The summed E-state index contributed by atoms with van der Waals surface area (Å²) in [5.41, 5.74) is -0.765. The molecule has 0 amide bonds. The number of sulfonamides is 1. The minimum atomic E-state index is -4.14. The monoisotopic (exact) mass is 353 g/mol. The van der Waals surface area contributed by atoms with Crippen molar-refractivity contribution in [2.45, 2.75) is 11.3 Å². The maximum Gasteiger partial charge on any atom is 0.338 e. The summed E-state index contributed by atoms with van der Waals surface area (Å²) < 4.78 is 40.6. The molecular formula is C12H13ClFNO4S2. The van der Waals surface area contributed by atoms with Crippen LogP contribution in [0.3, 0.4) is 0 Å². The number of aromatic carboxylic acids is 1. The van der Waals surface area contributed by atoms with Crippen molar-refractivity contribution in [3.8, 4) is 0 Å². The fourth-order valence-electron chi connectivity index (χ4n) is 1.97. The van der Waals surface area contributed by atoms with E-state index in [1.54, 1.807) is 11.8 Å². The van der Waals surface area contributed by atoms with Crippen LogP contribution in [0, 0.1) is 11.7 Å². The third kappa shape index (κ3) is 3.88. The van der Waals surface area contributed by atoms with Gasteiger partial charge < -0.3 is 5.11 Å². The molecule has 1 aromatic carbocycles. The van der Waals surface area contributed by atoms with Crippen LogP contribution in [0.1, 0.15) is 16.8 Å². The highest BCUT2D eigenvalue weighted by Crippen LogP contribution is 2.26. The molecule has 1 heterocycles. The molecule has 0 aromatic heterocycles. The van der Waals surface area contributed by atoms with Crippen molar-refractivity contribution in [3.05, 3.63) is 28.5 Å². The Labute approximate surface area is 130 Å². The Kier molecular flexibility index (Phi) is 5.13. The molecule has 1 aliphatic rings. The van der Waals surface area contributed by atoms with Crippen molar-refractivity contribution in [1.29, 1.82) is 0 Å². The van der Waals surface area contributed by atoms with Crippen LogP contribution in [0.4, 0.5) is 4.39 Å². The highest BCUT2D eigenvalue weighted by atomic mass is 35.5. The fourth-order valence-corrected chi connectivity index (χ4v) is 4.77. The predicted octanol–water partition coefficient (Wildman–Crippen LogP) is 2.21. The summed E-state index contributed by atoms with van der Waals surface area (Å²) in [5, 5.41) is 8.72. The second-order valence-electron chi connectivity index (χ2n) is 4.65. The number of thioether (sulfide) groups is 1. The van der Waals surface area contributed by atoms with Crippen LogP contribution in [-0.2, 0) is 10.0 Å². The number of carbonyl (C=O) groups is 1. The zero-order valence-electron chi connectivity index (χ0n) is 10.8. The van der Waals surface area contributed by atoms with E-state index in [-0.39, 0.29) is 17.5 Å². The number of rotatable bonds is 5. The standard InChI is InChI=1S/C12H13ClFNO4S2/c13-8-3-9(12(16)17)11(14)10(4-8)21(18,19)15-5-7-1-2-20-6-7/h3-4,7,15H,1-2,5-6H2,(H,16,17). The lowest BCUT2D eigenvalue weighted by atomic mass is 10.1. The quantitative estimate of drug-likeness (QED) is 0.848. The lowest BCUT2D eigenvalue weighted by molar-refractivity contribution is 0.0691. The molecule has 1 saturated heterocycles. The van der Waals surface area contributed by atoms with E-state index in [2.05, 4.69) is 4.72 Å². The number of hydrogen-bond acceptors (Lipinski definition) is 4. The Morgan fingerprint density at radius 1 is 1.52 bits per heavy atom. The highest BCUT2D eigenvalue weighted by Gasteiger charge is 2.26. The largest absolute Gasteiger partial charge is 0.478 e. The zero-order chi connectivity index (χ0) is 15.6. The van der Waals surface area contributed by atoms with Crippen LogP contribution in [0.2, 0.25) is 5.02 Å². The van der Waals surface area contributed by atoms with E-state index in [1.807, 2.05) is 0 Å². The first-order valence-electron chi connectivity index (χ1n) is 6.11. The average Bonchev–Trinajstić information content (AvgIpc) is 2.91.